The van der Waals surface area contributed by atoms with Gasteiger partial charge in [-0.05, 0) is 44.4 Å². The van der Waals surface area contributed by atoms with Gasteiger partial charge in [-0.2, -0.15) is 8.42 Å². The number of hydrogen-bond acceptors (Lipinski definition) is 8. The molecular formula is C12H15BrFN9O4S. The summed E-state index contributed by atoms with van der Waals surface area (Å²) in [6.07, 6.45) is 0. The topological polar surface area (TPSA) is 209 Å². The molecule has 1 aromatic carbocycles. The second kappa shape index (κ2) is 8.91. The number of nitrogens with two attached hydrogens (primary N) is 2. The maximum Gasteiger partial charge on any atom is 0.320 e. The van der Waals surface area contributed by atoms with Gasteiger partial charge in [0.25, 0.3) is 0 Å². The van der Waals surface area contributed by atoms with Crippen molar-refractivity contribution in [2.75, 3.05) is 23.5 Å². The molecule has 0 fully saturated rings. The Balaban J connectivity index is 1.99. The molecule has 1 aromatic heterocycles. The lowest BCUT2D eigenvalue weighted by Gasteiger charge is -2.17. The molecule has 28 heavy (non-hydrogen) atoms. The SMILES string of the molecule is N=C(c1nonc1NCCNC(N)=NS(N)(=O)=O)N(O)c1ccc(F)c(Br)c1. The van der Waals surface area contributed by atoms with Crippen molar-refractivity contribution in [1.29, 1.82) is 5.41 Å². The van der Waals surface area contributed by atoms with Crippen LogP contribution in [0.5, 0.6) is 0 Å². The number of amidine groups is 1. The van der Waals surface area contributed by atoms with E-state index < -0.39 is 27.8 Å². The molecule has 0 radical (unpaired) electrons. The molecule has 0 aliphatic carbocycles. The quantitative estimate of drug-likeness (QED) is 0.132. The minimum absolute atomic E-state index is 0.0222. The van der Waals surface area contributed by atoms with Gasteiger partial charge in [0.1, 0.15) is 5.82 Å². The second-order valence-electron chi connectivity index (χ2n) is 5.07. The summed E-state index contributed by atoms with van der Waals surface area (Å²) < 4.78 is 42.5. The van der Waals surface area contributed by atoms with Gasteiger partial charge in [0.05, 0.1) is 10.2 Å². The van der Waals surface area contributed by atoms with E-state index in [4.69, 9.17) is 16.3 Å². The Labute approximate surface area is 166 Å². The average molecular weight is 480 g/mol. The van der Waals surface area contributed by atoms with E-state index in [0.29, 0.717) is 5.06 Å². The number of halogens is 2. The molecule has 0 unspecified atom stereocenters. The Morgan fingerprint density at radius 1 is 1.43 bits per heavy atom. The molecule has 0 aliphatic heterocycles. The lowest BCUT2D eigenvalue weighted by molar-refractivity contribution is 0.300. The third kappa shape index (κ3) is 5.84. The van der Waals surface area contributed by atoms with E-state index in [2.05, 4.69) is 45.9 Å². The van der Waals surface area contributed by atoms with Gasteiger partial charge in [-0.3, -0.25) is 10.6 Å². The van der Waals surface area contributed by atoms with Gasteiger partial charge in [-0.1, -0.05) is 0 Å². The van der Waals surface area contributed by atoms with Crippen LogP contribution in [0.3, 0.4) is 0 Å². The Morgan fingerprint density at radius 2 is 2.14 bits per heavy atom. The van der Waals surface area contributed by atoms with Gasteiger partial charge < -0.3 is 16.4 Å². The number of rotatable bonds is 7. The van der Waals surface area contributed by atoms with Gasteiger partial charge in [-0.25, -0.2) is 19.2 Å². The summed E-state index contributed by atoms with van der Waals surface area (Å²) in [6.45, 7) is 0.251. The highest BCUT2D eigenvalue weighted by molar-refractivity contribution is 9.10. The standard InChI is InChI=1S/C12H15BrFN9O4S/c13-7-5-6(1-2-8(7)14)23(24)10(15)9-11(21-27-20-9)18-3-4-19-12(16)22-28(17,25)26/h1-2,5,15,24H,3-4H2,(H,18,21)(H3,16,19,22)(H2,17,25,26). The van der Waals surface area contributed by atoms with E-state index in [0.717, 1.165) is 6.07 Å². The molecule has 13 nitrogen and oxygen atoms in total. The van der Waals surface area contributed by atoms with Crippen LogP contribution >= 0.6 is 15.9 Å². The molecule has 0 spiro atoms. The Bertz CT molecular complexity index is 997. The van der Waals surface area contributed by atoms with Crippen molar-refractivity contribution in [3.05, 3.63) is 34.2 Å². The fraction of sp³-hybridized carbons (Fsp3) is 0.167. The van der Waals surface area contributed by atoms with Gasteiger partial charge in [0.2, 0.25) is 11.8 Å². The number of hydrogen-bond donors (Lipinski definition) is 6. The highest BCUT2D eigenvalue weighted by Gasteiger charge is 2.21. The molecule has 1 heterocycles. The normalized spacial score (nSPS) is 11.9. The van der Waals surface area contributed by atoms with Crippen LogP contribution in [0.4, 0.5) is 15.9 Å². The second-order valence-corrected chi connectivity index (χ2v) is 7.13. The zero-order valence-corrected chi connectivity index (χ0v) is 16.3. The molecule has 152 valence electrons. The molecular weight excluding hydrogens is 465 g/mol. The van der Waals surface area contributed by atoms with Crippen LogP contribution in [0.15, 0.2) is 31.7 Å². The molecule has 0 saturated heterocycles. The zero-order valence-electron chi connectivity index (χ0n) is 13.9. The van der Waals surface area contributed by atoms with E-state index in [1.54, 1.807) is 0 Å². The number of nitrogens with one attached hydrogen (secondary N) is 3. The van der Waals surface area contributed by atoms with Crippen molar-refractivity contribution in [2.24, 2.45) is 15.3 Å². The van der Waals surface area contributed by atoms with Crippen molar-refractivity contribution in [2.45, 2.75) is 0 Å². The highest BCUT2D eigenvalue weighted by Crippen LogP contribution is 2.24. The first kappa shape index (κ1) is 21.5. The Morgan fingerprint density at radius 3 is 2.79 bits per heavy atom. The fourth-order valence-corrected chi connectivity index (χ4v) is 2.55. The summed E-state index contributed by atoms with van der Waals surface area (Å²) in [5.74, 6) is -1.41. The predicted molar refractivity (Wildman–Crippen MR) is 101 cm³/mol. The first-order valence-electron chi connectivity index (χ1n) is 7.30. The maximum absolute atomic E-state index is 13.3. The predicted octanol–water partition coefficient (Wildman–Crippen LogP) is -0.288. The molecule has 2 rings (SSSR count). The van der Waals surface area contributed by atoms with Gasteiger partial charge in [-0.15, -0.1) is 4.40 Å². The number of aromatic nitrogens is 2. The Kier molecular flexibility index (Phi) is 6.84. The van der Waals surface area contributed by atoms with Crippen LogP contribution < -0.4 is 26.6 Å². The van der Waals surface area contributed by atoms with Crippen molar-refractivity contribution in [1.82, 2.24) is 15.6 Å². The van der Waals surface area contributed by atoms with E-state index >= 15 is 0 Å². The molecule has 0 aliphatic rings. The molecule has 2 aromatic rings. The third-order valence-electron chi connectivity index (χ3n) is 3.02. The monoisotopic (exact) mass is 479 g/mol. The number of nitrogens with zero attached hydrogens (tertiary/aromatic N) is 4. The van der Waals surface area contributed by atoms with Gasteiger partial charge in [0, 0.05) is 13.1 Å². The summed E-state index contributed by atoms with van der Waals surface area (Å²) in [4.78, 5) is 0. The summed E-state index contributed by atoms with van der Waals surface area (Å²) >= 11 is 2.98. The Hall–Kier alpha value is -2.82. The van der Waals surface area contributed by atoms with Crippen molar-refractivity contribution < 1.29 is 22.6 Å². The first-order chi connectivity index (χ1) is 13.1. The molecule has 0 amide bonds. The fourth-order valence-electron chi connectivity index (χ4n) is 1.85. The van der Waals surface area contributed by atoms with Crippen LogP contribution in [0.25, 0.3) is 0 Å². The third-order valence-corrected chi connectivity index (χ3v) is 4.08. The summed E-state index contributed by atoms with van der Waals surface area (Å²) in [5, 5.41) is 35.7. The number of anilines is 2. The first-order valence-corrected chi connectivity index (χ1v) is 9.59. The summed E-state index contributed by atoms with van der Waals surface area (Å²) in [5.41, 5.74) is 5.29. The number of hydroxylamine groups is 1. The van der Waals surface area contributed by atoms with Crippen molar-refractivity contribution in [3.8, 4) is 0 Å². The minimum Gasteiger partial charge on any atom is -0.369 e. The number of benzene rings is 1. The van der Waals surface area contributed by atoms with Crippen LogP contribution in [-0.2, 0) is 10.2 Å². The van der Waals surface area contributed by atoms with Crippen LogP contribution in [-0.4, -0.2) is 48.8 Å². The summed E-state index contributed by atoms with van der Waals surface area (Å²) in [6, 6.07) is 3.63. The van der Waals surface area contributed by atoms with Gasteiger partial charge in [0.15, 0.2) is 11.5 Å². The molecule has 8 N–H and O–H groups in total. The highest BCUT2D eigenvalue weighted by atomic mass is 79.9. The van der Waals surface area contributed by atoms with E-state index in [9.17, 15) is 18.0 Å². The minimum atomic E-state index is -4.11. The van der Waals surface area contributed by atoms with Crippen molar-refractivity contribution in [3.63, 3.8) is 0 Å². The van der Waals surface area contributed by atoms with Crippen molar-refractivity contribution >= 4 is 49.4 Å². The molecule has 0 atom stereocenters. The van der Waals surface area contributed by atoms with Gasteiger partial charge >= 0.3 is 10.2 Å². The van der Waals surface area contributed by atoms with Crippen LogP contribution in [0, 0.1) is 11.2 Å². The largest absolute Gasteiger partial charge is 0.369 e. The number of guanidine groups is 1. The average Bonchev–Trinajstić information content (AvgIpc) is 3.06. The smallest absolute Gasteiger partial charge is 0.320 e. The molecule has 16 heteroatoms. The van der Waals surface area contributed by atoms with Crippen LogP contribution in [0.2, 0.25) is 0 Å². The maximum atomic E-state index is 13.3. The van der Waals surface area contributed by atoms with E-state index in [-0.39, 0.29) is 34.8 Å². The van der Waals surface area contributed by atoms with E-state index in [1.165, 1.54) is 12.1 Å². The summed E-state index contributed by atoms with van der Waals surface area (Å²) in [7, 11) is -4.11. The molecule has 0 bridgehead atoms. The lowest BCUT2D eigenvalue weighted by atomic mass is 10.3. The van der Waals surface area contributed by atoms with Crippen LogP contribution in [0.1, 0.15) is 5.69 Å². The lowest BCUT2D eigenvalue weighted by Crippen LogP contribution is -2.36. The molecule has 0 saturated carbocycles. The van der Waals surface area contributed by atoms with E-state index in [1.807, 2.05) is 0 Å². The zero-order chi connectivity index (χ0) is 20.9.